The normalized spacial score (nSPS) is 26.6. The third-order valence-electron chi connectivity index (χ3n) is 8.36. The van der Waals surface area contributed by atoms with E-state index in [1.54, 1.807) is 0 Å². The first-order valence-electron chi connectivity index (χ1n) is 13.9. The molecule has 1 nitrogen and oxygen atoms in total. The molecule has 0 amide bonds. The van der Waals surface area contributed by atoms with E-state index < -0.39 is 0 Å². The minimum absolute atomic E-state index is 0.882. The Kier molecular flexibility index (Phi) is 11.3. The van der Waals surface area contributed by atoms with E-state index >= 15 is 0 Å². The van der Waals surface area contributed by atoms with Gasteiger partial charge in [-0.1, -0.05) is 109 Å². The molecule has 0 atom stereocenters. The number of ether oxygens (including phenoxy) is 1. The average Bonchev–Trinajstić information content (AvgIpc) is 2.81. The molecule has 1 heteroatoms. The Morgan fingerprint density at radius 3 is 1.90 bits per heavy atom. The van der Waals surface area contributed by atoms with Crippen LogP contribution in [0.2, 0.25) is 0 Å². The molecule has 2 fully saturated rings. The minimum atomic E-state index is 0.882. The molecule has 176 valence electrons. The molecule has 0 radical (unpaired) electrons. The lowest BCUT2D eigenvalue weighted by Gasteiger charge is -2.28. The number of hydrogen-bond donors (Lipinski definition) is 0. The highest BCUT2D eigenvalue weighted by Gasteiger charge is 2.21. The zero-order valence-corrected chi connectivity index (χ0v) is 20.8. The third kappa shape index (κ3) is 9.58. The molecule has 0 aromatic heterocycles. The van der Waals surface area contributed by atoms with Gasteiger partial charge in [-0.05, 0) is 67.1 Å². The predicted octanol–water partition coefficient (Wildman–Crippen LogP) is 9.38. The van der Waals surface area contributed by atoms with Crippen LogP contribution in [-0.2, 0) is 6.42 Å². The summed E-state index contributed by atoms with van der Waals surface area (Å²) in [6, 6.07) is 9.00. The van der Waals surface area contributed by atoms with E-state index in [4.69, 9.17) is 4.74 Å². The van der Waals surface area contributed by atoms with Gasteiger partial charge in [0.15, 0.2) is 0 Å². The molecule has 1 aromatic rings. The fourth-order valence-corrected chi connectivity index (χ4v) is 5.97. The topological polar surface area (TPSA) is 9.23 Å². The number of rotatable bonds is 13. The highest BCUT2D eigenvalue weighted by molar-refractivity contribution is 5.27. The quantitative estimate of drug-likeness (QED) is 0.285. The van der Waals surface area contributed by atoms with Gasteiger partial charge in [0.25, 0.3) is 0 Å². The van der Waals surface area contributed by atoms with Crippen LogP contribution in [0.5, 0.6) is 5.75 Å². The van der Waals surface area contributed by atoms with Gasteiger partial charge in [-0.3, -0.25) is 0 Å². The molecule has 0 bridgehead atoms. The molecule has 0 aliphatic heterocycles. The highest BCUT2D eigenvalue weighted by Crippen LogP contribution is 2.34. The van der Waals surface area contributed by atoms with E-state index in [2.05, 4.69) is 38.1 Å². The first-order valence-corrected chi connectivity index (χ1v) is 13.9. The molecule has 3 rings (SSSR count). The Morgan fingerprint density at radius 2 is 1.26 bits per heavy atom. The average molecular weight is 427 g/mol. The van der Waals surface area contributed by atoms with Crippen molar-refractivity contribution in [1.82, 2.24) is 0 Å². The first-order chi connectivity index (χ1) is 15.2. The Balaban J connectivity index is 1.24. The molecular formula is C30H50O. The standard InChI is InChI=1S/C30H50O/c1-3-4-5-6-8-26-14-16-28(17-15-26)18-19-29-20-22-30(23-21-29)31-24-7-9-27-12-10-25(2)11-13-27/h20-23,25-28H,3-19,24H2,1-2H3. The van der Waals surface area contributed by atoms with Crippen LogP contribution in [-0.4, -0.2) is 6.61 Å². The van der Waals surface area contributed by atoms with Crippen molar-refractivity contribution >= 4 is 0 Å². The van der Waals surface area contributed by atoms with Gasteiger partial charge in [0.2, 0.25) is 0 Å². The lowest BCUT2D eigenvalue weighted by atomic mass is 9.78. The fraction of sp³-hybridized carbons (Fsp3) is 0.800. The summed E-state index contributed by atoms with van der Waals surface area (Å²) in [5.74, 6) is 4.97. The van der Waals surface area contributed by atoms with E-state index in [1.807, 2.05) is 0 Å². The van der Waals surface area contributed by atoms with Gasteiger partial charge in [-0.15, -0.1) is 0 Å². The highest BCUT2D eigenvalue weighted by atomic mass is 16.5. The van der Waals surface area contributed by atoms with Gasteiger partial charge in [-0.2, -0.15) is 0 Å². The fourth-order valence-electron chi connectivity index (χ4n) is 5.97. The van der Waals surface area contributed by atoms with Crippen molar-refractivity contribution in [1.29, 1.82) is 0 Å². The Labute approximate surface area is 193 Å². The van der Waals surface area contributed by atoms with Crippen molar-refractivity contribution < 1.29 is 4.74 Å². The summed E-state index contributed by atoms with van der Waals surface area (Å²) in [4.78, 5) is 0. The van der Waals surface area contributed by atoms with E-state index in [1.165, 1.54) is 115 Å². The summed E-state index contributed by atoms with van der Waals surface area (Å²) >= 11 is 0. The molecule has 0 heterocycles. The zero-order valence-electron chi connectivity index (χ0n) is 20.8. The van der Waals surface area contributed by atoms with Crippen molar-refractivity contribution in [2.75, 3.05) is 6.61 Å². The Morgan fingerprint density at radius 1 is 0.677 bits per heavy atom. The molecule has 0 spiro atoms. The predicted molar refractivity (Wildman–Crippen MR) is 135 cm³/mol. The van der Waals surface area contributed by atoms with Gasteiger partial charge in [-0.25, -0.2) is 0 Å². The van der Waals surface area contributed by atoms with Crippen molar-refractivity contribution in [3.63, 3.8) is 0 Å². The maximum Gasteiger partial charge on any atom is 0.119 e. The van der Waals surface area contributed by atoms with Crippen molar-refractivity contribution in [3.8, 4) is 5.75 Å². The second-order valence-electron chi connectivity index (χ2n) is 11.0. The van der Waals surface area contributed by atoms with Crippen LogP contribution in [0.1, 0.15) is 122 Å². The van der Waals surface area contributed by atoms with Gasteiger partial charge >= 0.3 is 0 Å². The van der Waals surface area contributed by atoms with Crippen LogP contribution >= 0.6 is 0 Å². The summed E-state index contributed by atoms with van der Waals surface area (Å²) < 4.78 is 6.03. The van der Waals surface area contributed by atoms with Crippen LogP contribution in [0, 0.1) is 23.7 Å². The van der Waals surface area contributed by atoms with Crippen LogP contribution in [0.25, 0.3) is 0 Å². The second-order valence-corrected chi connectivity index (χ2v) is 11.0. The maximum atomic E-state index is 6.03. The zero-order chi connectivity index (χ0) is 21.7. The number of unbranched alkanes of at least 4 members (excludes halogenated alkanes) is 3. The van der Waals surface area contributed by atoms with Gasteiger partial charge in [0, 0.05) is 0 Å². The molecule has 0 unspecified atom stereocenters. The monoisotopic (exact) mass is 426 g/mol. The van der Waals surface area contributed by atoms with Gasteiger partial charge in [0.05, 0.1) is 6.61 Å². The number of aryl methyl sites for hydroxylation is 1. The summed E-state index contributed by atoms with van der Waals surface area (Å²) in [7, 11) is 0. The summed E-state index contributed by atoms with van der Waals surface area (Å²) in [6.45, 7) is 5.60. The molecule has 2 aliphatic carbocycles. The molecule has 2 saturated carbocycles. The molecule has 31 heavy (non-hydrogen) atoms. The minimum Gasteiger partial charge on any atom is -0.494 e. The summed E-state index contributed by atoms with van der Waals surface area (Å²) in [6.07, 6.45) is 24.1. The van der Waals surface area contributed by atoms with Crippen LogP contribution in [0.4, 0.5) is 0 Å². The largest absolute Gasteiger partial charge is 0.494 e. The van der Waals surface area contributed by atoms with Crippen LogP contribution in [0.15, 0.2) is 24.3 Å². The van der Waals surface area contributed by atoms with Crippen molar-refractivity contribution in [2.45, 2.75) is 123 Å². The molecule has 1 aromatic carbocycles. The Bertz CT molecular complexity index is 561. The molecule has 2 aliphatic rings. The van der Waals surface area contributed by atoms with E-state index in [9.17, 15) is 0 Å². The van der Waals surface area contributed by atoms with E-state index in [0.717, 1.165) is 36.0 Å². The summed E-state index contributed by atoms with van der Waals surface area (Å²) in [5, 5.41) is 0. The van der Waals surface area contributed by atoms with Crippen LogP contribution < -0.4 is 4.74 Å². The van der Waals surface area contributed by atoms with Crippen molar-refractivity contribution in [3.05, 3.63) is 29.8 Å². The van der Waals surface area contributed by atoms with Gasteiger partial charge < -0.3 is 4.74 Å². The summed E-state index contributed by atoms with van der Waals surface area (Å²) in [5.41, 5.74) is 1.49. The number of benzene rings is 1. The molecule has 0 saturated heterocycles. The molecule has 0 N–H and O–H groups in total. The van der Waals surface area contributed by atoms with E-state index in [0.29, 0.717) is 0 Å². The smallest absolute Gasteiger partial charge is 0.119 e. The third-order valence-corrected chi connectivity index (χ3v) is 8.36. The SMILES string of the molecule is CCCCCCC1CCC(CCc2ccc(OCCCC3CCC(C)CC3)cc2)CC1. The maximum absolute atomic E-state index is 6.03. The Hall–Kier alpha value is -0.980. The number of hydrogen-bond acceptors (Lipinski definition) is 1. The van der Waals surface area contributed by atoms with Crippen molar-refractivity contribution in [2.24, 2.45) is 23.7 Å². The van der Waals surface area contributed by atoms with Gasteiger partial charge in [0.1, 0.15) is 5.75 Å². The second kappa shape index (κ2) is 14.2. The first kappa shape index (κ1) is 24.7. The lowest BCUT2D eigenvalue weighted by molar-refractivity contribution is 0.244. The van der Waals surface area contributed by atoms with E-state index in [-0.39, 0.29) is 0 Å². The molecular weight excluding hydrogens is 376 g/mol. The van der Waals surface area contributed by atoms with Crippen LogP contribution in [0.3, 0.4) is 0 Å². The lowest BCUT2D eigenvalue weighted by Crippen LogP contribution is -2.15.